The molecule has 0 aliphatic rings. The van der Waals surface area contributed by atoms with Gasteiger partial charge in [-0.25, -0.2) is 8.42 Å². The highest BCUT2D eigenvalue weighted by Gasteiger charge is 2.34. The predicted octanol–water partition coefficient (Wildman–Crippen LogP) is 3.97. The first-order valence-corrected chi connectivity index (χ1v) is 14.4. The molecule has 2 amide bonds. The standard InChI is InChI=1S/C28H31ClN4O7S/c1-19-10-12-23(17-24(19)33(36)37)41(38,39)32(25-16-22(29)11-13-26(25)40-4)18-27(34)31(20(2)28(35)30-3)15-14-21-8-6-5-7-9-21/h5-13,16-17,20H,14-15,18H2,1-4H3,(H,30,35). The third-order valence-corrected chi connectivity index (χ3v) is 8.54. The second-order valence-electron chi connectivity index (χ2n) is 9.15. The van der Waals surface area contributed by atoms with E-state index in [9.17, 15) is 28.1 Å². The normalized spacial score (nSPS) is 11.8. The summed E-state index contributed by atoms with van der Waals surface area (Å²) in [5.41, 5.74) is 0.742. The number of hydrogen-bond acceptors (Lipinski definition) is 7. The Bertz CT molecular complexity index is 1530. The molecule has 0 aliphatic heterocycles. The molecule has 0 bridgehead atoms. The van der Waals surface area contributed by atoms with Gasteiger partial charge in [-0.05, 0) is 50.1 Å². The molecule has 0 fully saturated rings. The molecule has 0 spiro atoms. The maximum atomic E-state index is 14.1. The number of hydrogen-bond donors (Lipinski definition) is 1. The van der Waals surface area contributed by atoms with Gasteiger partial charge in [0.15, 0.2) is 0 Å². The highest BCUT2D eigenvalue weighted by atomic mass is 35.5. The van der Waals surface area contributed by atoms with Crippen molar-refractivity contribution in [3.63, 3.8) is 0 Å². The highest BCUT2D eigenvalue weighted by Crippen LogP contribution is 2.36. The molecule has 0 aromatic heterocycles. The molecule has 218 valence electrons. The van der Waals surface area contributed by atoms with Gasteiger partial charge in [-0.2, -0.15) is 0 Å². The lowest BCUT2D eigenvalue weighted by Crippen LogP contribution is -2.51. The van der Waals surface area contributed by atoms with E-state index in [0.717, 1.165) is 15.9 Å². The summed E-state index contributed by atoms with van der Waals surface area (Å²) in [4.78, 5) is 38.2. The minimum absolute atomic E-state index is 0.0489. The van der Waals surface area contributed by atoms with Crippen LogP contribution in [0.3, 0.4) is 0 Å². The molecule has 3 rings (SSSR count). The van der Waals surface area contributed by atoms with E-state index in [0.29, 0.717) is 6.42 Å². The van der Waals surface area contributed by atoms with Gasteiger partial charge in [0.1, 0.15) is 18.3 Å². The van der Waals surface area contributed by atoms with Crippen molar-refractivity contribution in [3.05, 3.63) is 93.0 Å². The summed E-state index contributed by atoms with van der Waals surface area (Å²) in [6.45, 7) is 2.41. The number of likely N-dealkylation sites (N-methyl/N-ethyl adjacent to an activating group) is 1. The average Bonchev–Trinajstić information content (AvgIpc) is 2.95. The lowest BCUT2D eigenvalue weighted by Gasteiger charge is -2.32. The molecule has 0 heterocycles. The number of ether oxygens (including phenoxy) is 1. The largest absolute Gasteiger partial charge is 0.495 e. The number of carbonyl (C=O) groups excluding carboxylic acids is 2. The van der Waals surface area contributed by atoms with Gasteiger partial charge in [0.05, 0.1) is 22.6 Å². The maximum absolute atomic E-state index is 14.1. The summed E-state index contributed by atoms with van der Waals surface area (Å²) >= 11 is 6.21. The molecule has 3 aromatic carbocycles. The van der Waals surface area contributed by atoms with Crippen molar-refractivity contribution >= 4 is 44.8 Å². The smallest absolute Gasteiger partial charge is 0.273 e. The van der Waals surface area contributed by atoms with Gasteiger partial charge in [-0.15, -0.1) is 0 Å². The van der Waals surface area contributed by atoms with Gasteiger partial charge in [0.25, 0.3) is 15.7 Å². The van der Waals surface area contributed by atoms with E-state index in [1.807, 2.05) is 30.3 Å². The van der Waals surface area contributed by atoms with Crippen LogP contribution in [0.5, 0.6) is 5.75 Å². The van der Waals surface area contributed by atoms with Crippen molar-refractivity contribution in [2.75, 3.05) is 31.6 Å². The molecule has 1 atom stereocenters. The van der Waals surface area contributed by atoms with Crippen molar-refractivity contribution in [2.24, 2.45) is 0 Å². The zero-order chi connectivity index (χ0) is 30.3. The molecular formula is C28H31ClN4O7S. The second-order valence-corrected chi connectivity index (χ2v) is 11.4. The van der Waals surface area contributed by atoms with Crippen molar-refractivity contribution in [3.8, 4) is 5.75 Å². The molecule has 3 aromatic rings. The molecule has 1 N–H and O–H groups in total. The Morgan fingerprint density at radius 2 is 1.78 bits per heavy atom. The SMILES string of the molecule is CNC(=O)C(C)N(CCc1ccccc1)C(=O)CN(c1cc(Cl)ccc1OC)S(=O)(=O)c1ccc(C)c([N+](=O)[O-])c1. The van der Waals surface area contributed by atoms with Crippen molar-refractivity contribution in [1.29, 1.82) is 0 Å². The number of benzene rings is 3. The topological polar surface area (TPSA) is 139 Å². The van der Waals surface area contributed by atoms with Crippen molar-refractivity contribution in [1.82, 2.24) is 10.2 Å². The van der Waals surface area contributed by atoms with Crippen LogP contribution in [0.1, 0.15) is 18.1 Å². The molecular weight excluding hydrogens is 572 g/mol. The van der Waals surface area contributed by atoms with Gasteiger partial charge < -0.3 is 15.0 Å². The molecule has 0 aliphatic carbocycles. The molecule has 1 unspecified atom stereocenters. The van der Waals surface area contributed by atoms with E-state index in [1.165, 1.54) is 56.3 Å². The van der Waals surface area contributed by atoms with Crippen LogP contribution in [0, 0.1) is 17.0 Å². The summed E-state index contributed by atoms with van der Waals surface area (Å²) in [6, 6.07) is 16.1. The van der Waals surface area contributed by atoms with E-state index in [4.69, 9.17) is 16.3 Å². The zero-order valence-electron chi connectivity index (χ0n) is 23.0. The predicted molar refractivity (Wildman–Crippen MR) is 156 cm³/mol. The fourth-order valence-corrected chi connectivity index (χ4v) is 5.83. The summed E-state index contributed by atoms with van der Waals surface area (Å²) in [5, 5.41) is 14.3. The van der Waals surface area contributed by atoms with Crippen LogP contribution in [0.15, 0.2) is 71.6 Å². The fraction of sp³-hybridized carbons (Fsp3) is 0.286. The number of nitro groups is 1. The van der Waals surface area contributed by atoms with E-state index in [2.05, 4.69) is 5.32 Å². The first-order valence-electron chi connectivity index (χ1n) is 12.6. The minimum Gasteiger partial charge on any atom is -0.495 e. The number of carbonyl (C=O) groups is 2. The molecule has 13 heteroatoms. The number of anilines is 1. The lowest BCUT2D eigenvalue weighted by atomic mass is 10.1. The number of methoxy groups -OCH3 is 1. The lowest BCUT2D eigenvalue weighted by molar-refractivity contribution is -0.385. The molecule has 41 heavy (non-hydrogen) atoms. The fourth-order valence-electron chi connectivity index (χ4n) is 4.22. The third kappa shape index (κ3) is 7.33. The van der Waals surface area contributed by atoms with Crippen LogP contribution < -0.4 is 14.4 Å². The summed E-state index contributed by atoms with van der Waals surface area (Å²) in [5.74, 6) is -1.01. The van der Waals surface area contributed by atoms with Crippen LogP contribution >= 0.6 is 11.6 Å². The van der Waals surface area contributed by atoms with Crippen LogP contribution in [-0.2, 0) is 26.0 Å². The number of nitro benzene ring substituents is 1. The first kappa shape index (κ1) is 31.4. The van der Waals surface area contributed by atoms with E-state index in [1.54, 1.807) is 6.92 Å². The minimum atomic E-state index is -4.58. The number of aryl methyl sites for hydroxylation is 1. The quantitative estimate of drug-likeness (QED) is 0.244. The Hall–Kier alpha value is -4.16. The Morgan fingerprint density at radius 1 is 1.10 bits per heavy atom. The van der Waals surface area contributed by atoms with Gasteiger partial charge >= 0.3 is 0 Å². The van der Waals surface area contributed by atoms with Crippen molar-refractivity contribution in [2.45, 2.75) is 31.2 Å². The summed E-state index contributed by atoms with van der Waals surface area (Å²) < 4.78 is 34.3. The summed E-state index contributed by atoms with van der Waals surface area (Å²) in [6.07, 6.45) is 0.408. The van der Waals surface area contributed by atoms with Gasteiger partial charge in [-0.1, -0.05) is 48.0 Å². The zero-order valence-corrected chi connectivity index (χ0v) is 24.6. The van der Waals surface area contributed by atoms with E-state index >= 15 is 0 Å². The van der Waals surface area contributed by atoms with Crippen LogP contribution in [-0.4, -0.2) is 63.3 Å². The Labute approximate surface area is 243 Å². The van der Waals surface area contributed by atoms with Crippen LogP contribution in [0.4, 0.5) is 11.4 Å². The molecule has 0 saturated carbocycles. The molecule has 0 saturated heterocycles. The maximum Gasteiger partial charge on any atom is 0.273 e. The molecule has 0 radical (unpaired) electrons. The average molecular weight is 603 g/mol. The number of halogens is 1. The van der Waals surface area contributed by atoms with Crippen molar-refractivity contribution < 1.29 is 27.7 Å². The Kier molecular flexibility index (Phi) is 10.3. The number of nitrogens with one attached hydrogen (secondary N) is 1. The highest BCUT2D eigenvalue weighted by molar-refractivity contribution is 7.92. The number of nitrogens with zero attached hydrogens (tertiary/aromatic N) is 3. The number of sulfonamides is 1. The van der Waals surface area contributed by atoms with E-state index < -0.39 is 49.9 Å². The van der Waals surface area contributed by atoms with Gasteiger partial charge in [0.2, 0.25) is 11.8 Å². The Balaban J connectivity index is 2.11. The van der Waals surface area contributed by atoms with Crippen LogP contribution in [0.25, 0.3) is 0 Å². The number of rotatable bonds is 12. The van der Waals surface area contributed by atoms with E-state index in [-0.39, 0.29) is 28.6 Å². The molecule has 11 nitrogen and oxygen atoms in total. The van der Waals surface area contributed by atoms with Gasteiger partial charge in [0, 0.05) is 30.2 Å². The first-order chi connectivity index (χ1) is 19.4. The van der Waals surface area contributed by atoms with Crippen LogP contribution in [0.2, 0.25) is 5.02 Å². The third-order valence-electron chi connectivity index (χ3n) is 6.55. The monoisotopic (exact) mass is 602 g/mol. The van der Waals surface area contributed by atoms with Gasteiger partial charge in [-0.3, -0.25) is 24.0 Å². The second kappa shape index (κ2) is 13.5. The summed E-state index contributed by atoms with van der Waals surface area (Å²) in [7, 11) is -1.81. The Morgan fingerprint density at radius 3 is 2.39 bits per heavy atom. The number of amides is 2.